The van der Waals surface area contributed by atoms with E-state index in [9.17, 15) is 9.90 Å². The summed E-state index contributed by atoms with van der Waals surface area (Å²) in [6.07, 6.45) is 2.43. The van der Waals surface area contributed by atoms with Gasteiger partial charge in [0.05, 0.1) is 6.61 Å². The van der Waals surface area contributed by atoms with E-state index >= 15 is 0 Å². The fourth-order valence-electron chi connectivity index (χ4n) is 2.31. The van der Waals surface area contributed by atoms with Crippen LogP contribution in [0.2, 0.25) is 0 Å². The molecule has 0 amide bonds. The van der Waals surface area contributed by atoms with Crippen LogP contribution >= 0.6 is 11.3 Å². The van der Waals surface area contributed by atoms with Crippen LogP contribution in [0.15, 0.2) is 18.2 Å². The van der Waals surface area contributed by atoms with Crippen LogP contribution in [-0.4, -0.2) is 22.5 Å². The summed E-state index contributed by atoms with van der Waals surface area (Å²) in [5.74, 6) is 0.704. The van der Waals surface area contributed by atoms with Gasteiger partial charge in [0.2, 0.25) is 0 Å². The van der Waals surface area contributed by atoms with Crippen molar-refractivity contribution < 1.29 is 14.6 Å². The molecule has 0 atom stereocenters. The molecule has 2 aromatic rings. The number of aromatic nitrogens is 1. The highest BCUT2D eigenvalue weighted by Gasteiger charge is 2.22. The number of carbonyl (C=O) groups excluding carboxylic acids is 1. The molecule has 0 aliphatic heterocycles. The zero-order valence-electron chi connectivity index (χ0n) is 11.2. The minimum Gasteiger partial charge on any atom is -0.504 e. The number of phenolic OH excluding ortho intramolecular Hbond substituents is 1. The molecule has 1 aliphatic rings. The molecule has 3 rings (SSSR count). The second-order valence-electron chi connectivity index (χ2n) is 4.68. The predicted molar refractivity (Wildman–Crippen MR) is 77.7 cm³/mol. The molecule has 0 fully saturated rings. The van der Waals surface area contributed by atoms with Crippen molar-refractivity contribution in [2.24, 2.45) is 0 Å². The molecule has 20 heavy (non-hydrogen) atoms. The Labute approximate surface area is 121 Å². The van der Waals surface area contributed by atoms with Gasteiger partial charge in [0.1, 0.15) is 10.7 Å². The minimum absolute atomic E-state index is 0.119. The van der Waals surface area contributed by atoms with E-state index in [1.54, 1.807) is 29.5 Å². The quantitative estimate of drug-likeness (QED) is 0.940. The molecule has 0 bridgehead atoms. The zero-order valence-corrected chi connectivity index (χ0v) is 12.0. The maximum atomic E-state index is 11.8. The van der Waals surface area contributed by atoms with E-state index in [0.29, 0.717) is 24.5 Å². The molecule has 1 aromatic heterocycles. The van der Waals surface area contributed by atoms with Gasteiger partial charge in [-0.15, -0.1) is 11.3 Å². The van der Waals surface area contributed by atoms with Crippen molar-refractivity contribution in [1.82, 2.24) is 4.98 Å². The predicted octanol–water partition coefficient (Wildman–Crippen LogP) is 3.43. The van der Waals surface area contributed by atoms with Crippen LogP contribution in [0, 0.1) is 0 Å². The van der Waals surface area contributed by atoms with Crippen molar-refractivity contribution >= 4 is 17.1 Å². The number of benzene rings is 1. The fraction of sp³-hybridized carbons (Fsp3) is 0.333. The SMILES string of the molecule is CCOc1cc(-c2nc3c(s2)CCCC3=O)ccc1O. The number of carbonyl (C=O) groups is 1. The van der Waals surface area contributed by atoms with Crippen molar-refractivity contribution in [3.05, 3.63) is 28.8 Å². The number of thiazole rings is 1. The van der Waals surface area contributed by atoms with E-state index in [-0.39, 0.29) is 11.5 Å². The number of fused-ring (bicyclic) bond motifs is 1. The summed E-state index contributed by atoms with van der Waals surface area (Å²) in [6, 6.07) is 5.17. The summed E-state index contributed by atoms with van der Waals surface area (Å²) in [6.45, 7) is 2.36. The second kappa shape index (κ2) is 5.25. The maximum absolute atomic E-state index is 11.8. The second-order valence-corrected chi connectivity index (χ2v) is 5.77. The van der Waals surface area contributed by atoms with Gasteiger partial charge in [-0.3, -0.25) is 4.79 Å². The zero-order chi connectivity index (χ0) is 14.1. The van der Waals surface area contributed by atoms with Crippen LogP contribution in [-0.2, 0) is 6.42 Å². The van der Waals surface area contributed by atoms with Crippen molar-refractivity contribution in [2.45, 2.75) is 26.2 Å². The Morgan fingerprint density at radius 2 is 2.25 bits per heavy atom. The third-order valence-electron chi connectivity index (χ3n) is 3.28. The number of phenols is 1. The molecule has 5 heteroatoms. The highest BCUT2D eigenvalue weighted by atomic mass is 32.1. The Morgan fingerprint density at radius 3 is 3.00 bits per heavy atom. The van der Waals surface area contributed by atoms with Gasteiger partial charge in [-0.2, -0.15) is 0 Å². The number of rotatable bonds is 3. The molecule has 0 radical (unpaired) electrons. The van der Waals surface area contributed by atoms with Gasteiger partial charge in [-0.05, 0) is 38.0 Å². The van der Waals surface area contributed by atoms with E-state index in [2.05, 4.69) is 4.98 Å². The molecule has 0 saturated carbocycles. The normalized spacial score (nSPS) is 14.2. The van der Waals surface area contributed by atoms with E-state index in [1.165, 1.54) is 0 Å². The summed E-state index contributed by atoms with van der Waals surface area (Å²) in [7, 11) is 0. The number of Topliss-reactive ketones (excluding diaryl/α,β-unsaturated/α-hetero) is 1. The number of nitrogens with zero attached hydrogens (tertiary/aromatic N) is 1. The van der Waals surface area contributed by atoms with E-state index in [1.807, 2.05) is 6.92 Å². The smallest absolute Gasteiger partial charge is 0.182 e. The number of hydrogen-bond acceptors (Lipinski definition) is 5. The number of aryl methyl sites for hydroxylation is 1. The van der Waals surface area contributed by atoms with Crippen LogP contribution in [0.5, 0.6) is 11.5 Å². The van der Waals surface area contributed by atoms with Gasteiger partial charge >= 0.3 is 0 Å². The first kappa shape index (κ1) is 13.1. The lowest BCUT2D eigenvalue weighted by Crippen LogP contribution is -2.08. The van der Waals surface area contributed by atoms with E-state index < -0.39 is 0 Å². The average molecular weight is 289 g/mol. The first-order chi connectivity index (χ1) is 9.69. The van der Waals surface area contributed by atoms with Crippen LogP contribution in [0.1, 0.15) is 35.1 Å². The Bertz CT molecular complexity index is 663. The molecule has 1 N–H and O–H groups in total. The number of hydrogen-bond donors (Lipinski definition) is 1. The molecule has 0 spiro atoms. The molecule has 1 aliphatic carbocycles. The standard InChI is InChI=1S/C15H15NO3S/c1-2-19-12-8-9(6-7-10(12)17)15-16-14-11(18)4-3-5-13(14)20-15/h6-8,17H,2-5H2,1H3. The van der Waals surface area contributed by atoms with Gasteiger partial charge in [0, 0.05) is 16.9 Å². The minimum atomic E-state index is 0.119. The molecule has 1 heterocycles. The molecule has 1 aromatic carbocycles. The summed E-state index contributed by atoms with van der Waals surface area (Å²) in [5, 5.41) is 10.5. The Balaban J connectivity index is 2.01. The molecule has 0 unspecified atom stereocenters. The number of aromatic hydroxyl groups is 1. The summed E-state index contributed by atoms with van der Waals surface area (Å²) < 4.78 is 5.38. The van der Waals surface area contributed by atoms with Crippen LogP contribution < -0.4 is 4.74 Å². The van der Waals surface area contributed by atoms with Crippen molar-refractivity contribution in [3.63, 3.8) is 0 Å². The third kappa shape index (κ3) is 2.29. The van der Waals surface area contributed by atoms with E-state index in [4.69, 9.17) is 4.74 Å². The Kier molecular flexibility index (Phi) is 3.44. The number of ether oxygens (including phenoxy) is 1. The fourth-order valence-corrected chi connectivity index (χ4v) is 3.43. The van der Waals surface area contributed by atoms with Crippen LogP contribution in [0.25, 0.3) is 10.6 Å². The van der Waals surface area contributed by atoms with Crippen molar-refractivity contribution in [1.29, 1.82) is 0 Å². The lowest BCUT2D eigenvalue weighted by Gasteiger charge is -2.06. The van der Waals surface area contributed by atoms with Gasteiger partial charge in [0.15, 0.2) is 17.3 Å². The molecular weight excluding hydrogens is 274 g/mol. The van der Waals surface area contributed by atoms with Gasteiger partial charge in [0.25, 0.3) is 0 Å². The molecule has 104 valence electrons. The molecule has 4 nitrogen and oxygen atoms in total. The first-order valence-electron chi connectivity index (χ1n) is 6.68. The van der Waals surface area contributed by atoms with Crippen molar-refractivity contribution in [3.8, 4) is 22.1 Å². The van der Waals surface area contributed by atoms with Gasteiger partial charge in [-0.25, -0.2) is 4.98 Å². The largest absolute Gasteiger partial charge is 0.504 e. The lowest BCUT2D eigenvalue weighted by atomic mass is 10.0. The third-order valence-corrected chi connectivity index (χ3v) is 4.44. The van der Waals surface area contributed by atoms with E-state index in [0.717, 1.165) is 28.3 Å². The molecular formula is C15H15NO3S. The van der Waals surface area contributed by atoms with Gasteiger partial charge in [-0.1, -0.05) is 0 Å². The summed E-state index contributed by atoms with van der Waals surface area (Å²) >= 11 is 1.56. The highest BCUT2D eigenvalue weighted by molar-refractivity contribution is 7.15. The number of ketones is 1. The first-order valence-corrected chi connectivity index (χ1v) is 7.49. The van der Waals surface area contributed by atoms with Crippen molar-refractivity contribution in [2.75, 3.05) is 6.61 Å². The monoisotopic (exact) mass is 289 g/mol. The topological polar surface area (TPSA) is 59.4 Å². The molecule has 0 saturated heterocycles. The lowest BCUT2D eigenvalue weighted by molar-refractivity contribution is 0.0968. The highest BCUT2D eigenvalue weighted by Crippen LogP contribution is 2.36. The summed E-state index contributed by atoms with van der Waals surface area (Å²) in [4.78, 5) is 17.4. The van der Waals surface area contributed by atoms with Gasteiger partial charge < -0.3 is 9.84 Å². The van der Waals surface area contributed by atoms with Crippen LogP contribution in [0.4, 0.5) is 0 Å². The summed E-state index contributed by atoms with van der Waals surface area (Å²) in [5.41, 5.74) is 1.50. The van der Waals surface area contributed by atoms with Crippen LogP contribution in [0.3, 0.4) is 0 Å². The Morgan fingerprint density at radius 1 is 1.40 bits per heavy atom. The average Bonchev–Trinajstić information content (AvgIpc) is 2.87. The Hall–Kier alpha value is -1.88. The maximum Gasteiger partial charge on any atom is 0.182 e.